The van der Waals surface area contributed by atoms with Gasteiger partial charge in [-0.15, -0.1) is 0 Å². The molecular weight excluding hydrogens is 314 g/mol. The molecule has 1 aromatic carbocycles. The summed E-state index contributed by atoms with van der Waals surface area (Å²) in [6.07, 6.45) is 1.64. The average molecular weight is 334 g/mol. The van der Waals surface area contributed by atoms with Crippen LogP contribution < -0.4 is 4.72 Å². The molecule has 5 nitrogen and oxygen atoms in total. The van der Waals surface area contributed by atoms with E-state index in [1.165, 1.54) is 12.1 Å². The first kappa shape index (κ1) is 16.7. The Labute approximate surface area is 130 Å². The third-order valence-electron chi connectivity index (χ3n) is 3.86. The summed E-state index contributed by atoms with van der Waals surface area (Å²) in [7, 11) is -3.69. The number of rotatable bonds is 5. The summed E-state index contributed by atoms with van der Waals surface area (Å²) in [5.41, 5.74) is 0.406. The van der Waals surface area contributed by atoms with Gasteiger partial charge in [0.05, 0.1) is 11.6 Å². The molecule has 2 N–H and O–H groups in total. The highest BCUT2D eigenvalue weighted by atomic mass is 35.5. The number of benzene rings is 1. The van der Waals surface area contributed by atoms with Crippen LogP contribution in [0.5, 0.6) is 0 Å². The molecule has 0 aliphatic carbocycles. The van der Waals surface area contributed by atoms with Crippen LogP contribution in [-0.2, 0) is 21.4 Å². The summed E-state index contributed by atoms with van der Waals surface area (Å²) in [5.74, 6) is 0. The molecule has 21 heavy (non-hydrogen) atoms. The van der Waals surface area contributed by atoms with Gasteiger partial charge in [-0.2, -0.15) is 0 Å². The minimum atomic E-state index is -3.69. The van der Waals surface area contributed by atoms with Crippen LogP contribution >= 0.6 is 11.6 Å². The minimum Gasteiger partial charge on any atom is -0.392 e. The number of aliphatic hydroxyl groups excluding tert-OH is 1. The highest BCUT2D eigenvalue weighted by Crippen LogP contribution is 2.30. The molecule has 0 atom stereocenters. The smallest absolute Gasteiger partial charge is 0.242 e. The lowest BCUT2D eigenvalue weighted by Crippen LogP contribution is -2.39. The van der Waals surface area contributed by atoms with Gasteiger partial charge < -0.3 is 9.84 Å². The van der Waals surface area contributed by atoms with Gasteiger partial charge in [-0.05, 0) is 36.0 Å². The molecule has 1 heterocycles. The minimum absolute atomic E-state index is 0.00590. The second-order valence-electron chi connectivity index (χ2n) is 5.67. The number of aliphatic hydroxyl groups is 1. The number of hydrogen-bond acceptors (Lipinski definition) is 4. The van der Waals surface area contributed by atoms with Crippen molar-refractivity contribution in [3.05, 3.63) is 28.8 Å². The van der Waals surface area contributed by atoms with E-state index in [0.717, 1.165) is 12.8 Å². The van der Waals surface area contributed by atoms with Gasteiger partial charge in [0.1, 0.15) is 4.90 Å². The fourth-order valence-electron chi connectivity index (χ4n) is 2.24. The van der Waals surface area contributed by atoms with Crippen LogP contribution in [0.25, 0.3) is 0 Å². The summed E-state index contributed by atoms with van der Waals surface area (Å²) in [6, 6.07) is 4.48. The first-order valence-corrected chi connectivity index (χ1v) is 8.69. The Bertz CT molecular complexity index is 597. The van der Waals surface area contributed by atoms with Crippen molar-refractivity contribution in [3.63, 3.8) is 0 Å². The van der Waals surface area contributed by atoms with Crippen LogP contribution in [-0.4, -0.2) is 33.3 Å². The molecule has 0 radical (unpaired) electrons. The molecule has 1 aromatic rings. The number of sulfonamides is 1. The van der Waals surface area contributed by atoms with Gasteiger partial charge in [0.25, 0.3) is 0 Å². The molecule has 1 aliphatic heterocycles. The lowest BCUT2D eigenvalue weighted by Gasteiger charge is -2.33. The monoisotopic (exact) mass is 333 g/mol. The molecule has 0 aromatic heterocycles. The van der Waals surface area contributed by atoms with E-state index in [1.807, 2.05) is 6.92 Å². The normalized spacial score (nSPS) is 18.6. The van der Waals surface area contributed by atoms with Crippen molar-refractivity contribution >= 4 is 21.6 Å². The largest absolute Gasteiger partial charge is 0.392 e. The maximum absolute atomic E-state index is 12.4. The standard InChI is InChI=1S/C14H20ClNO4S/c1-14(4-6-20-7-5-14)10-16-21(18,19)13-8-11(9-17)2-3-12(13)15/h2-3,8,16-17H,4-7,9-10H2,1H3. The highest BCUT2D eigenvalue weighted by molar-refractivity contribution is 7.89. The second-order valence-corrected chi connectivity index (χ2v) is 7.81. The van der Waals surface area contributed by atoms with Crippen molar-refractivity contribution in [1.82, 2.24) is 4.72 Å². The molecule has 0 unspecified atom stereocenters. The van der Waals surface area contributed by atoms with E-state index in [-0.39, 0.29) is 21.9 Å². The zero-order chi connectivity index (χ0) is 15.5. The molecule has 0 spiro atoms. The molecule has 118 valence electrons. The molecule has 0 amide bonds. The first-order chi connectivity index (χ1) is 9.86. The fraction of sp³-hybridized carbons (Fsp3) is 0.571. The van der Waals surface area contributed by atoms with E-state index < -0.39 is 10.0 Å². The van der Waals surface area contributed by atoms with E-state index in [0.29, 0.717) is 25.3 Å². The van der Waals surface area contributed by atoms with Crippen molar-refractivity contribution in [2.75, 3.05) is 19.8 Å². The van der Waals surface area contributed by atoms with Gasteiger partial charge in [-0.3, -0.25) is 0 Å². The number of ether oxygens (including phenoxy) is 1. The topological polar surface area (TPSA) is 75.6 Å². The molecule has 7 heteroatoms. The third-order valence-corrected chi connectivity index (χ3v) is 5.74. The van der Waals surface area contributed by atoms with Crippen molar-refractivity contribution in [2.45, 2.75) is 31.3 Å². The van der Waals surface area contributed by atoms with Crippen LogP contribution in [0.3, 0.4) is 0 Å². The quantitative estimate of drug-likeness (QED) is 0.863. The van der Waals surface area contributed by atoms with Crippen LogP contribution in [0.15, 0.2) is 23.1 Å². The summed E-state index contributed by atoms with van der Waals surface area (Å²) in [5, 5.41) is 9.27. The van der Waals surface area contributed by atoms with Crippen molar-refractivity contribution < 1.29 is 18.3 Å². The zero-order valence-corrected chi connectivity index (χ0v) is 13.5. The highest BCUT2D eigenvalue weighted by Gasteiger charge is 2.30. The molecule has 1 saturated heterocycles. The Morgan fingerprint density at radius 1 is 1.38 bits per heavy atom. The molecule has 0 bridgehead atoms. The Balaban J connectivity index is 2.15. The van der Waals surface area contributed by atoms with Crippen LogP contribution in [0, 0.1) is 5.41 Å². The van der Waals surface area contributed by atoms with Gasteiger partial charge >= 0.3 is 0 Å². The van der Waals surface area contributed by atoms with Crippen molar-refractivity contribution in [2.24, 2.45) is 5.41 Å². The Morgan fingerprint density at radius 3 is 2.67 bits per heavy atom. The number of nitrogens with one attached hydrogen (secondary N) is 1. The van der Waals surface area contributed by atoms with Crippen LogP contribution in [0.2, 0.25) is 5.02 Å². The van der Waals surface area contributed by atoms with Gasteiger partial charge in [0, 0.05) is 19.8 Å². The summed E-state index contributed by atoms with van der Waals surface area (Å²) >= 11 is 5.97. The lowest BCUT2D eigenvalue weighted by molar-refractivity contribution is 0.0264. The molecule has 1 fully saturated rings. The van der Waals surface area contributed by atoms with Gasteiger partial charge in [0.15, 0.2) is 0 Å². The van der Waals surface area contributed by atoms with E-state index in [4.69, 9.17) is 21.4 Å². The molecule has 2 rings (SSSR count). The Morgan fingerprint density at radius 2 is 2.05 bits per heavy atom. The molecule has 0 saturated carbocycles. The maximum atomic E-state index is 12.4. The van der Waals surface area contributed by atoms with E-state index in [9.17, 15) is 8.42 Å². The van der Waals surface area contributed by atoms with E-state index in [2.05, 4.69) is 4.72 Å². The van der Waals surface area contributed by atoms with Crippen molar-refractivity contribution in [3.8, 4) is 0 Å². The number of halogens is 1. The Kier molecular flexibility index (Phi) is 5.27. The summed E-state index contributed by atoms with van der Waals surface area (Å²) in [6.45, 7) is 3.47. The maximum Gasteiger partial charge on any atom is 0.242 e. The third kappa shape index (κ3) is 4.17. The van der Waals surface area contributed by atoms with Gasteiger partial charge in [-0.1, -0.05) is 24.6 Å². The average Bonchev–Trinajstić information content (AvgIpc) is 2.47. The summed E-state index contributed by atoms with van der Waals surface area (Å²) in [4.78, 5) is 0.00590. The molecule has 1 aliphatic rings. The Hall–Kier alpha value is -0.660. The van der Waals surface area contributed by atoms with Gasteiger partial charge in [0.2, 0.25) is 10.0 Å². The number of hydrogen-bond donors (Lipinski definition) is 2. The van der Waals surface area contributed by atoms with E-state index in [1.54, 1.807) is 6.07 Å². The van der Waals surface area contributed by atoms with Crippen LogP contribution in [0.1, 0.15) is 25.3 Å². The summed E-state index contributed by atoms with van der Waals surface area (Å²) < 4.78 is 32.7. The predicted molar refractivity (Wildman–Crippen MR) is 80.7 cm³/mol. The van der Waals surface area contributed by atoms with Gasteiger partial charge in [-0.25, -0.2) is 13.1 Å². The zero-order valence-electron chi connectivity index (χ0n) is 11.9. The SMILES string of the molecule is CC1(CNS(=O)(=O)c2cc(CO)ccc2Cl)CCOCC1. The fourth-order valence-corrected chi connectivity index (χ4v) is 3.99. The predicted octanol–water partition coefficient (Wildman–Crippen LogP) is 1.93. The molecular formula is C14H20ClNO4S. The van der Waals surface area contributed by atoms with E-state index >= 15 is 0 Å². The van der Waals surface area contributed by atoms with Crippen LogP contribution in [0.4, 0.5) is 0 Å². The lowest BCUT2D eigenvalue weighted by atomic mass is 9.83. The second kappa shape index (κ2) is 6.62. The van der Waals surface area contributed by atoms with Crippen molar-refractivity contribution in [1.29, 1.82) is 0 Å². The first-order valence-electron chi connectivity index (χ1n) is 6.83.